The van der Waals surface area contributed by atoms with Crippen molar-refractivity contribution < 1.29 is 74.4 Å². The predicted octanol–water partition coefficient (Wildman–Crippen LogP) is -7.36. The van der Waals surface area contributed by atoms with Gasteiger partial charge in [0, 0.05) is 78.0 Å². The molecule has 1 aliphatic heterocycles. The molecule has 1 fully saturated rings. The molecule has 15 heteroatoms. The molecule has 1 saturated heterocycles. The van der Waals surface area contributed by atoms with Crippen LogP contribution in [0.2, 0.25) is 0 Å². The summed E-state index contributed by atoms with van der Waals surface area (Å²) in [5, 5.41) is 36.5. The van der Waals surface area contributed by atoms with Gasteiger partial charge < -0.3 is 46.5 Å². The SMILES string of the molecule is NCCC(CCN)NC(=O)CN1CCN(CC(=O)[O-])CCN(CC(=O)[O-])CCN(CC(=O)[O-])CC1.[Gd+3]. The van der Waals surface area contributed by atoms with Crippen molar-refractivity contribution in [2.75, 3.05) is 91.6 Å². The fourth-order valence-electron chi connectivity index (χ4n) is 3.93. The van der Waals surface area contributed by atoms with Gasteiger partial charge in [-0.2, -0.15) is 0 Å². The van der Waals surface area contributed by atoms with Crippen LogP contribution in [0.3, 0.4) is 0 Å². The average molecular weight is 658 g/mol. The fourth-order valence-corrected chi connectivity index (χ4v) is 3.93. The molecule has 1 rings (SSSR count). The molecule has 36 heavy (non-hydrogen) atoms. The molecular weight excluding hydrogens is 620 g/mol. The van der Waals surface area contributed by atoms with E-state index >= 15 is 0 Å². The minimum Gasteiger partial charge on any atom is -0.549 e. The van der Waals surface area contributed by atoms with Crippen LogP contribution in [-0.4, -0.2) is 141 Å². The molecule has 5 N–H and O–H groups in total. The van der Waals surface area contributed by atoms with Crippen LogP contribution in [0.5, 0.6) is 0 Å². The first kappa shape index (κ1) is 35.0. The van der Waals surface area contributed by atoms with Crippen molar-refractivity contribution in [3.63, 3.8) is 0 Å². The van der Waals surface area contributed by atoms with Crippen molar-refractivity contribution in [1.29, 1.82) is 0 Å². The zero-order chi connectivity index (χ0) is 26.2. The Morgan fingerprint density at radius 2 is 0.889 bits per heavy atom. The molecule has 0 aromatic rings. The van der Waals surface area contributed by atoms with E-state index in [1.54, 1.807) is 14.7 Å². The third-order valence-corrected chi connectivity index (χ3v) is 5.75. The maximum atomic E-state index is 12.7. The number of hydrogen-bond acceptors (Lipinski definition) is 13. The van der Waals surface area contributed by atoms with Crippen molar-refractivity contribution in [2.24, 2.45) is 11.5 Å². The summed E-state index contributed by atoms with van der Waals surface area (Å²) in [6.45, 7) is 1.99. The Morgan fingerprint density at radius 3 is 1.14 bits per heavy atom. The molecule has 0 unspecified atom stereocenters. The normalized spacial score (nSPS) is 17.5. The van der Waals surface area contributed by atoms with Gasteiger partial charge in [-0.25, -0.2) is 0 Å². The third kappa shape index (κ3) is 16.7. The van der Waals surface area contributed by atoms with Crippen molar-refractivity contribution >= 4 is 23.8 Å². The number of carboxylic acids is 3. The Labute approximate surface area is 244 Å². The number of amides is 1. The van der Waals surface area contributed by atoms with Crippen molar-refractivity contribution in [1.82, 2.24) is 24.9 Å². The molecule has 1 radical (unpaired) electrons. The molecule has 0 atom stereocenters. The Kier molecular flexibility index (Phi) is 19.4. The standard InChI is InChI=1S/C21H41N7O7.Gd/c22-3-1-17(2-4-23)24-18(29)13-25-5-7-26(14-19(30)31)9-11-28(16-21(34)35)12-10-27(8-6-25)15-20(32)33;/h17H,1-16,22-23H2,(H,24,29)(H,30,31)(H,32,33)(H,34,35);/q;+3/p-3. The van der Waals surface area contributed by atoms with E-state index in [1.165, 1.54) is 0 Å². The Balaban J connectivity index is 0.0000122. The van der Waals surface area contributed by atoms with Gasteiger partial charge >= 0.3 is 39.9 Å². The summed E-state index contributed by atoms with van der Waals surface area (Å²) in [7, 11) is 0. The van der Waals surface area contributed by atoms with Gasteiger partial charge in [-0.3, -0.25) is 24.4 Å². The molecule has 0 bridgehead atoms. The number of carbonyl (C=O) groups is 4. The number of carbonyl (C=O) groups excluding carboxylic acids is 4. The van der Waals surface area contributed by atoms with Crippen molar-refractivity contribution in [3.05, 3.63) is 0 Å². The second kappa shape index (κ2) is 20.0. The first-order chi connectivity index (χ1) is 16.6. The van der Waals surface area contributed by atoms with Gasteiger partial charge in [0.15, 0.2) is 0 Å². The fraction of sp³-hybridized carbons (Fsp3) is 0.810. The molecule has 1 aliphatic rings. The Morgan fingerprint density at radius 1 is 0.611 bits per heavy atom. The largest absolute Gasteiger partial charge is 3.00 e. The summed E-state index contributed by atoms with van der Waals surface area (Å²) < 4.78 is 0. The van der Waals surface area contributed by atoms with Gasteiger partial charge in [-0.15, -0.1) is 0 Å². The zero-order valence-electron chi connectivity index (χ0n) is 20.5. The van der Waals surface area contributed by atoms with E-state index in [4.69, 9.17) is 11.5 Å². The van der Waals surface area contributed by atoms with Gasteiger partial charge in [0.25, 0.3) is 0 Å². The summed E-state index contributed by atoms with van der Waals surface area (Å²) in [6.07, 6.45) is 1.17. The number of nitrogens with two attached hydrogens (primary N) is 2. The van der Waals surface area contributed by atoms with E-state index in [0.29, 0.717) is 39.0 Å². The molecule has 207 valence electrons. The Bertz CT molecular complexity index is 651. The topological polar surface area (TPSA) is 214 Å². The molecule has 0 saturated carbocycles. The second-order valence-electron chi connectivity index (χ2n) is 8.64. The van der Waals surface area contributed by atoms with Crippen LogP contribution in [-0.2, 0) is 19.2 Å². The van der Waals surface area contributed by atoms with E-state index < -0.39 is 17.9 Å². The zero-order valence-corrected chi connectivity index (χ0v) is 22.8. The smallest absolute Gasteiger partial charge is 0.549 e. The minimum absolute atomic E-state index is 0. The number of hydrogen-bond donors (Lipinski definition) is 3. The van der Waals surface area contributed by atoms with Gasteiger partial charge in [-0.05, 0) is 25.9 Å². The number of carboxylic acid groups (broad SMARTS) is 3. The van der Waals surface area contributed by atoms with Gasteiger partial charge in [0.05, 0.1) is 24.5 Å². The van der Waals surface area contributed by atoms with Crippen molar-refractivity contribution in [2.45, 2.75) is 18.9 Å². The van der Waals surface area contributed by atoms with Crippen molar-refractivity contribution in [3.8, 4) is 0 Å². The van der Waals surface area contributed by atoms with Crippen LogP contribution in [0.1, 0.15) is 12.8 Å². The van der Waals surface area contributed by atoms with Crippen LogP contribution >= 0.6 is 0 Å². The predicted molar refractivity (Wildman–Crippen MR) is 120 cm³/mol. The van der Waals surface area contributed by atoms with E-state index in [0.717, 1.165) is 0 Å². The van der Waals surface area contributed by atoms with Gasteiger partial charge in [-0.1, -0.05) is 0 Å². The van der Waals surface area contributed by atoms with Crippen LogP contribution < -0.4 is 32.1 Å². The first-order valence-electron chi connectivity index (χ1n) is 11.8. The number of nitrogens with zero attached hydrogens (tertiary/aromatic N) is 4. The average Bonchev–Trinajstić information content (AvgIpc) is 2.74. The summed E-state index contributed by atoms with van der Waals surface area (Å²) >= 11 is 0. The molecule has 0 aromatic heterocycles. The van der Waals surface area contributed by atoms with Gasteiger partial charge in [0.2, 0.25) is 5.91 Å². The van der Waals surface area contributed by atoms with Crippen LogP contribution in [0, 0.1) is 39.9 Å². The Hall–Kier alpha value is -1.04. The summed E-state index contributed by atoms with van der Waals surface area (Å²) in [5.41, 5.74) is 11.2. The maximum Gasteiger partial charge on any atom is 3.00 e. The summed E-state index contributed by atoms with van der Waals surface area (Å²) in [4.78, 5) is 52.9. The molecular formula is C21H38GdN7O7. The van der Waals surface area contributed by atoms with E-state index in [2.05, 4.69) is 5.32 Å². The van der Waals surface area contributed by atoms with Crippen LogP contribution in [0.15, 0.2) is 0 Å². The molecule has 0 aromatic carbocycles. The molecule has 0 spiro atoms. The van der Waals surface area contributed by atoms with E-state index in [9.17, 15) is 34.5 Å². The third-order valence-electron chi connectivity index (χ3n) is 5.75. The number of nitrogens with one attached hydrogen (secondary N) is 1. The summed E-state index contributed by atoms with van der Waals surface area (Å²) in [5.74, 6) is -4.05. The first-order valence-corrected chi connectivity index (χ1v) is 11.8. The minimum atomic E-state index is -1.28. The summed E-state index contributed by atoms with van der Waals surface area (Å²) in [6, 6.07) is -0.149. The van der Waals surface area contributed by atoms with E-state index in [-0.39, 0.29) is 117 Å². The molecule has 14 nitrogen and oxygen atoms in total. The van der Waals surface area contributed by atoms with E-state index in [1.807, 2.05) is 4.90 Å². The van der Waals surface area contributed by atoms with Crippen LogP contribution in [0.25, 0.3) is 0 Å². The quantitative estimate of drug-likeness (QED) is 0.168. The maximum absolute atomic E-state index is 12.7. The monoisotopic (exact) mass is 658 g/mol. The number of aliphatic carboxylic acids is 3. The number of rotatable bonds is 13. The molecule has 1 heterocycles. The molecule has 0 aliphatic carbocycles. The molecule has 1 amide bonds. The van der Waals surface area contributed by atoms with Crippen LogP contribution in [0.4, 0.5) is 0 Å². The second-order valence-corrected chi connectivity index (χ2v) is 8.64. The van der Waals surface area contributed by atoms with Gasteiger partial charge in [0.1, 0.15) is 0 Å².